The number of amides is 1. The maximum absolute atomic E-state index is 12.0. The van der Waals surface area contributed by atoms with Crippen LogP contribution in [-0.2, 0) is 11.4 Å². The summed E-state index contributed by atoms with van der Waals surface area (Å²) in [4.78, 5) is 13.9. The topological polar surface area (TPSA) is 61.8 Å². The molecule has 0 aliphatic carbocycles. The normalized spacial score (nSPS) is 15.9. The second kappa shape index (κ2) is 7.11. The Kier molecular flexibility index (Phi) is 5.18. The molecule has 1 fully saturated rings. The van der Waals surface area contributed by atoms with Gasteiger partial charge in [0.1, 0.15) is 5.75 Å². The maximum Gasteiger partial charge on any atom is 0.260 e. The van der Waals surface area contributed by atoms with Gasteiger partial charge in [0.2, 0.25) is 0 Å². The average molecular weight is 264 g/mol. The Bertz CT molecular complexity index is 415. The average Bonchev–Trinajstić information content (AvgIpc) is 2.74. The molecule has 1 saturated heterocycles. The van der Waals surface area contributed by atoms with E-state index in [0.29, 0.717) is 11.3 Å². The number of carbonyl (C=O) groups is 1. The molecule has 19 heavy (non-hydrogen) atoms. The van der Waals surface area contributed by atoms with Crippen molar-refractivity contribution in [2.24, 2.45) is 0 Å². The number of para-hydroxylation sites is 1. The van der Waals surface area contributed by atoms with E-state index in [4.69, 9.17) is 4.74 Å². The Hall–Kier alpha value is -1.59. The minimum atomic E-state index is -0.0853. The van der Waals surface area contributed by atoms with Gasteiger partial charge >= 0.3 is 0 Å². The van der Waals surface area contributed by atoms with Crippen molar-refractivity contribution >= 4 is 5.91 Å². The van der Waals surface area contributed by atoms with Gasteiger partial charge in [-0.15, -0.1) is 0 Å². The van der Waals surface area contributed by atoms with Crippen molar-refractivity contribution in [2.45, 2.75) is 13.0 Å². The van der Waals surface area contributed by atoms with Crippen LogP contribution in [0.15, 0.2) is 24.3 Å². The number of nitrogens with zero attached hydrogens (tertiary/aromatic N) is 1. The summed E-state index contributed by atoms with van der Waals surface area (Å²) < 4.78 is 5.51. The summed E-state index contributed by atoms with van der Waals surface area (Å²) in [6.45, 7) is 3.23. The molecule has 104 valence electrons. The van der Waals surface area contributed by atoms with E-state index in [2.05, 4.69) is 5.32 Å². The van der Waals surface area contributed by atoms with Crippen molar-refractivity contribution in [2.75, 3.05) is 32.8 Å². The van der Waals surface area contributed by atoms with Crippen LogP contribution in [-0.4, -0.2) is 48.7 Å². The van der Waals surface area contributed by atoms with Crippen LogP contribution in [0.1, 0.15) is 12.0 Å². The highest BCUT2D eigenvalue weighted by atomic mass is 16.5. The Morgan fingerprint density at radius 3 is 3.00 bits per heavy atom. The quantitative estimate of drug-likeness (QED) is 0.825. The second-order valence-corrected chi connectivity index (χ2v) is 4.54. The molecule has 1 aromatic rings. The van der Waals surface area contributed by atoms with Crippen molar-refractivity contribution in [3.05, 3.63) is 29.8 Å². The van der Waals surface area contributed by atoms with Crippen molar-refractivity contribution in [3.63, 3.8) is 0 Å². The molecule has 0 unspecified atom stereocenters. The van der Waals surface area contributed by atoms with Crippen LogP contribution in [0.3, 0.4) is 0 Å². The lowest BCUT2D eigenvalue weighted by Crippen LogP contribution is -2.37. The van der Waals surface area contributed by atoms with Crippen molar-refractivity contribution < 1.29 is 14.6 Å². The van der Waals surface area contributed by atoms with Crippen molar-refractivity contribution in [3.8, 4) is 5.75 Å². The summed E-state index contributed by atoms with van der Waals surface area (Å²) in [5, 5.41) is 12.4. The van der Waals surface area contributed by atoms with Gasteiger partial charge < -0.3 is 20.1 Å². The van der Waals surface area contributed by atoms with Crippen molar-refractivity contribution in [1.82, 2.24) is 10.2 Å². The fraction of sp³-hybridized carbons (Fsp3) is 0.500. The van der Waals surface area contributed by atoms with Gasteiger partial charge in [-0.2, -0.15) is 0 Å². The number of nitrogens with one attached hydrogen (secondary N) is 1. The molecule has 2 N–H and O–H groups in total. The minimum Gasteiger partial charge on any atom is -0.483 e. The first-order valence-electron chi connectivity index (χ1n) is 6.61. The third-order valence-corrected chi connectivity index (χ3v) is 3.19. The number of benzene rings is 1. The van der Waals surface area contributed by atoms with Crippen LogP contribution >= 0.6 is 0 Å². The molecule has 1 heterocycles. The molecule has 0 aromatic heterocycles. The lowest BCUT2D eigenvalue weighted by atomic mass is 10.2. The zero-order valence-corrected chi connectivity index (χ0v) is 11.0. The standard InChI is InChI=1S/C14H20N2O3/c17-10-12-4-1-2-5-13(12)19-11-14(18)16-8-3-6-15-7-9-16/h1-2,4-5,15,17H,3,6-11H2. The monoisotopic (exact) mass is 264 g/mol. The van der Waals surface area contributed by atoms with Gasteiger partial charge in [-0.1, -0.05) is 18.2 Å². The molecule has 2 rings (SSSR count). The number of hydrogen-bond acceptors (Lipinski definition) is 4. The molecule has 5 heteroatoms. The number of rotatable bonds is 4. The third-order valence-electron chi connectivity index (χ3n) is 3.19. The van der Waals surface area contributed by atoms with Gasteiger partial charge in [0.05, 0.1) is 6.61 Å². The predicted molar refractivity (Wildman–Crippen MR) is 71.9 cm³/mol. The molecule has 1 aliphatic heterocycles. The van der Waals surface area contributed by atoms with Gasteiger partial charge in [0.25, 0.3) is 5.91 Å². The van der Waals surface area contributed by atoms with E-state index in [0.717, 1.165) is 32.6 Å². The zero-order valence-electron chi connectivity index (χ0n) is 11.0. The van der Waals surface area contributed by atoms with Crippen LogP contribution in [0.5, 0.6) is 5.75 Å². The van der Waals surface area contributed by atoms with Crippen LogP contribution in [0.4, 0.5) is 0 Å². The molecule has 0 atom stereocenters. The first kappa shape index (κ1) is 13.8. The van der Waals surface area contributed by atoms with Crippen molar-refractivity contribution in [1.29, 1.82) is 0 Å². The fourth-order valence-corrected chi connectivity index (χ4v) is 2.10. The van der Waals surface area contributed by atoms with Gasteiger partial charge in [0, 0.05) is 25.2 Å². The summed E-state index contributed by atoms with van der Waals surface area (Å²) in [5.41, 5.74) is 0.702. The largest absolute Gasteiger partial charge is 0.483 e. The van der Waals surface area contributed by atoms with Gasteiger partial charge in [-0.25, -0.2) is 0 Å². The van der Waals surface area contributed by atoms with Gasteiger partial charge in [0.15, 0.2) is 6.61 Å². The molecular weight excluding hydrogens is 244 g/mol. The fourth-order valence-electron chi connectivity index (χ4n) is 2.10. The molecule has 0 spiro atoms. The molecule has 0 radical (unpaired) electrons. The Morgan fingerprint density at radius 1 is 1.32 bits per heavy atom. The summed E-state index contributed by atoms with van der Waals surface area (Å²) in [5.74, 6) is 0.572. The number of aliphatic hydroxyl groups is 1. The van der Waals surface area contributed by atoms with Crippen LogP contribution in [0, 0.1) is 0 Å². The van der Waals surface area contributed by atoms with E-state index in [1.807, 2.05) is 17.0 Å². The lowest BCUT2D eigenvalue weighted by Gasteiger charge is -2.20. The molecule has 0 saturated carbocycles. The molecule has 5 nitrogen and oxygen atoms in total. The zero-order chi connectivity index (χ0) is 13.5. The van der Waals surface area contributed by atoms with E-state index < -0.39 is 0 Å². The third kappa shape index (κ3) is 3.94. The number of aliphatic hydroxyl groups excluding tert-OH is 1. The number of hydrogen-bond donors (Lipinski definition) is 2. The number of ether oxygens (including phenoxy) is 1. The summed E-state index contributed by atoms with van der Waals surface area (Å²) in [6, 6.07) is 7.22. The van der Waals surface area contributed by atoms with E-state index in [9.17, 15) is 9.90 Å². The summed E-state index contributed by atoms with van der Waals surface area (Å²) >= 11 is 0. The minimum absolute atomic E-state index is 0.00329. The second-order valence-electron chi connectivity index (χ2n) is 4.54. The highest BCUT2D eigenvalue weighted by molar-refractivity contribution is 5.77. The highest BCUT2D eigenvalue weighted by Crippen LogP contribution is 2.17. The van der Waals surface area contributed by atoms with E-state index in [1.54, 1.807) is 12.1 Å². The predicted octanol–water partition coefficient (Wildman–Crippen LogP) is 0.380. The Morgan fingerprint density at radius 2 is 2.16 bits per heavy atom. The maximum atomic E-state index is 12.0. The highest BCUT2D eigenvalue weighted by Gasteiger charge is 2.16. The van der Waals surface area contributed by atoms with E-state index >= 15 is 0 Å². The molecule has 1 aliphatic rings. The van der Waals surface area contributed by atoms with Crippen LogP contribution in [0.25, 0.3) is 0 Å². The van der Waals surface area contributed by atoms with Crippen LogP contribution < -0.4 is 10.1 Å². The first-order valence-corrected chi connectivity index (χ1v) is 6.61. The SMILES string of the molecule is O=C(COc1ccccc1CO)N1CCCNCC1. The molecule has 1 aromatic carbocycles. The molecular formula is C14H20N2O3. The summed E-state index contributed by atoms with van der Waals surface area (Å²) in [6.07, 6.45) is 0.971. The smallest absolute Gasteiger partial charge is 0.260 e. The first-order chi connectivity index (χ1) is 9.31. The van der Waals surface area contributed by atoms with Gasteiger partial charge in [-0.3, -0.25) is 4.79 Å². The Labute approximate surface area is 113 Å². The summed E-state index contributed by atoms with van der Waals surface area (Å²) in [7, 11) is 0. The molecule has 0 bridgehead atoms. The Balaban J connectivity index is 1.88. The number of carbonyl (C=O) groups excluding carboxylic acids is 1. The van der Waals surface area contributed by atoms with Gasteiger partial charge in [-0.05, 0) is 19.0 Å². The van der Waals surface area contributed by atoms with E-state index in [-0.39, 0.29) is 19.1 Å². The van der Waals surface area contributed by atoms with E-state index in [1.165, 1.54) is 0 Å². The molecule has 1 amide bonds. The van der Waals surface area contributed by atoms with Crippen LogP contribution in [0.2, 0.25) is 0 Å². The lowest BCUT2D eigenvalue weighted by molar-refractivity contribution is -0.133.